The van der Waals surface area contributed by atoms with Crippen LogP contribution in [0.2, 0.25) is 0 Å². The third kappa shape index (κ3) is 4.42. The monoisotopic (exact) mass is 311 g/mol. The van der Waals surface area contributed by atoms with Crippen molar-refractivity contribution < 1.29 is 9.53 Å². The van der Waals surface area contributed by atoms with Crippen LogP contribution in [-0.2, 0) is 0 Å². The van der Waals surface area contributed by atoms with Crippen molar-refractivity contribution in [1.82, 2.24) is 4.90 Å². The number of nitrogens with zero attached hydrogens (tertiary/aromatic N) is 1. The Labute approximate surface area is 138 Å². The summed E-state index contributed by atoms with van der Waals surface area (Å²) >= 11 is 0. The second kappa shape index (κ2) is 8.49. The summed E-state index contributed by atoms with van der Waals surface area (Å²) in [5.41, 5.74) is 1.93. The molecule has 0 aromatic heterocycles. The Hall–Kier alpha value is -2.13. The molecule has 0 saturated carbocycles. The van der Waals surface area contributed by atoms with Crippen molar-refractivity contribution in [3.63, 3.8) is 0 Å². The number of benzene rings is 2. The minimum absolute atomic E-state index is 0.0867. The van der Waals surface area contributed by atoms with Crippen molar-refractivity contribution in [1.29, 1.82) is 0 Å². The molecular formula is C20H25NO2. The van der Waals surface area contributed by atoms with Crippen LogP contribution in [0.4, 0.5) is 0 Å². The zero-order valence-corrected chi connectivity index (χ0v) is 14.2. The van der Waals surface area contributed by atoms with Crippen LogP contribution in [-0.4, -0.2) is 30.9 Å². The fourth-order valence-electron chi connectivity index (χ4n) is 2.87. The molecule has 3 heteroatoms. The third-order valence-corrected chi connectivity index (χ3v) is 4.23. The zero-order chi connectivity index (χ0) is 16.7. The van der Waals surface area contributed by atoms with E-state index in [0.717, 1.165) is 30.0 Å². The molecule has 1 atom stereocenters. The van der Waals surface area contributed by atoms with E-state index in [4.69, 9.17) is 4.74 Å². The van der Waals surface area contributed by atoms with Crippen LogP contribution in [0.15, 0.2) is 54.6 Å². The lowest BCUT2D eigenvalue weighted by Crippen LogP contribution is -2.30. The van der Waals surface area contributed by atoms with Crippen LogP contribution < -0.4 is 4.74 Å². The second-order valence-electron chi connectivity index (χ2n) is 5.50. The standard InChI is InChI=1S/C20H25NO2/c1-4-21(5-2)19(16-11-13-18(23-3)14-12-16)15-20(22)17-9-7-6-8-10-17/h6-14,19H,4-5,15H2,1-3H3. The van der Waals surface area contributed by atoms with Crippen molar-refractivity contribution >= 4 is 5.78 Å². The first kappa shape index (κ1) is 17.2. The van der Waals surface area contributed by atoms with E-state index < -0.39 is 0 Å². The highest BCUT2D eigenvalue weighted by Gasteiger charge is 2.22. The van der Waals surface area contributed by atoms with E-state index in [2.05, 4.69) is 30.9 Å². The van der Waals surface area contributed by atoms with E-state index in [-0.39, 0.29) is 11.8 Å². The van der Waals surface area contributed by atoms with Crippen molar-refractivity contribution in [3.8, 4) is 5.75 Å². The number of ketones is 1. The summed E-state index contributed by atoms with van der Waals surface area (Å²) in [6.45, 7) is 6.09. The lowest BCUT2D eigenvalue weighted by atomic mass is 9.96. The van der Waals surface area contributed by atoms with Gasteiger partial charge in [0.2, 0.25) is 0 Å². The molecule has 0 bridgehead atoms. The predicted molar refractivity (Wildman–Crippen MR) is 94.0 cm³/mol. The highest BCUT2D eigenvalue weighted by molar-refractivity contribution is 5.96. The molecule has 0 saturated heterocycles. The normalized spacial score (nSPS) is 12.2. The van der Waals surface area contributed by atoms with E-state index in [9.17, 15) is 4.79 Å². The van der Waals surface area contributed by atoms with E-state index in [0.29, 0.717) is 6.42 Å². The Morgan fingerprint density at radius 3 is 2.13 bits per heavy atom. The molecule has 1 unspecified atom stereocenters. The molecule has 2 aromatic rings. The van der Waals surface area contributed by atoms with Gasteiger partial charge in [0.1, 0.15) is 5.75 Å². The summed E-state index contributed by atoms with van der Waals surface area (Å²) in [5.74, 6) is 1.01. The molecule has 0 amide bonds. The summed E-state index contributed by atoms with van der Waals surface area (Å²) in [6, 6.07) is 17.6. The molecular weight excluding hydrogens is 286 g/mol. The van der Waals surface area contributed by atoms with Gasteiger partial charge in [-0.1, -0.05) is 56.3 Å². The molecule has 0 aliphatic heterocycles. The fourth-order valence-corrected chi connectivity index (χ4v) is 2.87. The van der Waals surface area contributed by atoms with Gasteiger partial charge in [-0.05, 0) is 30.8 Å². The summed E-state index contributed by atoms with van der Waals surface area (Å²) in [6.07, 6.45) is 0.484. The molecule has 122 valence electrons. The third-order valence-electron chi connectivity index (χ3n) is 4.23. The average molecular weight is 311 g/mol. The lowest BCUT2D eigenvalue weighted by molar-refractivity contribution is 0.0924. The Bertz CT molecular complexity index is 603. The Balaban J connectivity index is 2.24. The van der Waals surface area contributed by atoms with Crippen LogP contribution in [0.5, 0.6) is 5.75 Å². The van der Waals surface area contributed by atoms with Crippen LogP contribution in [0.3, 0.4) is 0 Å². The molecule has 23 heavy (non-hydrogen) atoms. The van der Waals surface area contributed by atoms with E-state index in [1.165, 1.54) is 0 Å². The quantitative estimate of drug-likeness (QED) is 0.679. The van der Waals surface area contributed by atoms with E-state index >= 15 is 0 Å². The Morgan fingerprint density at radius 2 is 1.61 bits per heavy atom. The van der Waals surface area contributed by atoms with Gasteiger partial charge in [0.15, 0.2) is 5.78 Å². The number of carbonyl (C=O) groups excluding carboxylic acids is 1. The first-order valence-electron chi connectivity index (χ1n) is 8.15. The van der Waals surface area contributed by atoms with Gasteiger partial charge < -0.3 is 4.74 Å². The van der Waals surface area contributed by atoms with Gasteiger partial charge in [-0.25, -0.2) is 0 Å². The number of carbonyl (C=O) groups is 1. The molecule has 0 heterocycles. The Morgan fingerprint density at radius 1 is 1.00 bits per heavy atom. The summed E-state index contributed by atoms with van der Waals surface area (Å²) in [5, 5.41) is 0. The molecule has 0 spiro atoms. The number of hydrogen-bond acceptors (Lipinski definition) is 3. The number of rotatable bonds is 8. The molecule has 0 fully saturated rings. The highest BCUT2D eigenvalue weighted by atomic mass is 16.5. The summed E-state index contributed by atoms with van der Waals surface area (Å²) in [7, 11) is 1.66. The molecule has 0 aliphatic rings. The summed E-state index contributed by atoms with van der Waals surface area (Å²) in [4.78, 5) is 15.0. The maximum absolute atomic E-state index is 12.6. The number of ether oxygens (including phenoxy) is 1. The van der Waals surface area contributed by atoms with Gasteiger partial charge in [0.05, 0.1) is 7.11 Å². The zero-order valence-electron chi connectivity index (χ0n) is 14.2. The van der Waals surface area contributed by atoms with Crippen molar-refractivity contribution in [2.45, 2.75) is 26.3 Å². The van der Waals surface area contributed by atoms with Crippen molar-refractivity contribution in [2.24, 2.45) is 0 Å². The van der Waals surface area contributed by atoms with Gasteiger partial charge in [-0.3, -0.25) is 9.69 Å². The number of hydrogen-bond donors (Lipinski definition) is 0. The van der Waals surface area contributed by atoms with E-state index in [1.54, 1.807) is 7.11 Å². The molecule has 0 aliphatic carbocycles. The predicted octanol–water partition coefficient (Wildman–Crippen LogP) is 4.35. The highest BCUT2D eigenvalue weighted by Crippen LogP contribution is 2.27. The van der Waals surface area contributed by atoms with Crippen LogP contribution in [0.25, 0.3) is 0 Å². The largest absolute Gasteiger partial charge is 0.497 e. The molecule has 2 rings (SSSR count). The van der Waals surface area contributed by atoms with Crippen molar-refractivity contribution in [2.75, 3.05) is 20.2 Å². The van der Waals surface area contributed by atoms with Gasteiger partial charge >= 0.3 is 0 Å². The minimum Gasteiger partial charge on any atom is -0.497 e. The van der Waals surface area contributed by atoms with E-state index in [1.807, 2.05) is 42.5 Å². The molecule has 2 aromatic carbocycles. The maximum Gasteiger partial charge on any atom is 0.164 e. The van der Waals surface area contributed by atoms with Gasteiger partial charge in [-0.15, -0.1) is 0 Å². The molecule has 3 nitrogen and oxygen atoms in total. The minimum atomic E-state index is 0.0867. The molecule has 0 radical (unpaired) electrons. The van der Waals surface area contributed by atoms with Crippen molar-refractivity contribution in [3.05, 3.63) is 65.7 Å². The van der Waals surface area contributed by atoms with Gasteiger partial charge in [-0.2, -0.15) is 0 Å². The smallest absolute Gasteiger partial charge is 0.164 e. The number of Topliss-reactive ketones (excluding diaryl/α,β-unsaturated/α-hetero) is 1. The Kier molecular flexibility index (Phi) is 6.36. The first-order chi connectivity index (χ1) is 11.2. The van der Waals surface area contributed by atoms with Gasteiger partial charge in [0.25, 0.3) is 0 Å². The second-order valence-corrected chi connectivity index (χ2v) is 5.50. The average Bonchev–Trinajstić information content (AvgIpc) is 2.62. The number of methoxy groups -OCH3 is 1. The SMILES string of the molecule is CCN(CC)C(CC(=O)c1ccccc1)c1ccc(OC)cc1. The van der Waals surface area contributed by atoms with Crippen LogP contribution in [0.1, 0.15) is 42.2 Å². The first-order valence-corrected chi connectivity index (χ1v) is 8.15. The summed E-state index contributed by atoms with van der Waals surface area (Å²) < 4.78 is 5.23. The topological polar surface area (TPSA) is 29.5 Å². The molecule has 0 N–H and O–H groups in total. The lowest BCUT2D eigenvalue weighted by Gasteiger charge is -2.29. The van der Waals surface area contributed by atoms with Gasteiger partial charge in [0, 0.05) is 18.0 Å². The maximum atomic E-state index is 12.6. The van der Waals surface area contributed by atoms with Crippen LogP contribution >= 0.6 is 0 Å². The van der Waals surface area contributed by atoms with Crippen LogP contribution in [0, 0.1) is 0 Å². The fraction of sp³-hybridized carbons (Fsp3) is 0.350.